The number of fused-ring (bicyclic) bond motifs is 3. The van der Waals surface area contributed by atoms with E-state index in [1.807, 2.05) is 67.6 Å². The Balaban J connectivity index is 0.995. The number of benzene rings is 4. The number of anilines is 1. The number of carbonyl (C=O) groups excluding carboxylic acids is 5. The zero-order valence-electron chi connectivity index (χ0n) is 30.0. The number of amides is 4. The lowest BCUT2D eigenvalue weighted by atomic mass is 9.96. The van der Waals surface area contributed by atoms with Crippen molar-refractivity contribution >= 4 is 35.3 Å². The Morgan fingerprint density at radius 2 is 1.34 bits per heavy atom. The van der Waals surface area contributed by atoms with Crippen LogP contribution in [0.4, 0.5) is 10.5 Å². The molecule has 53 heavy (non-hydrogen) atoms. The Hall–Kier alpha value is -5.77. The molecule has 0 spiro atoms. The highest BCUT2D eigenvalue weighted by Gasteiger charge is 2.39. The molecule has 0 bridgehead atoms. The quantitative estimate of drug-likeness (QED) is 0.178. The summed E-state index contributed by atoms with van der Waals surface area (Å²) in [5, 5.41) is 5.67. The van der Waals surface area contributed by atoms with Crippen LogP contribution in [0.1, 0.15) is 72.4 Å². The van der Waals surface area contributed by atoms with E-state index in [9.17, 15) is 24.0 Å². The lowest BCUT2D eigenvalue weighted by Gasteiger charge is -2.28. The van der Waals surface area contributed by atoms with Crippen molar-refractivity contribution in [1.29, 1.82) is 0 Å². The molecule has 4 aromatic carbocycles. The molecular formula is C43H44N4O6. The predicted molar refractivity (Wildman–Crippen MR) is 201 cm³/mol. The van der Waals surface area contributed by atoms with Crippen LogP contribution in [-0.2, 0) is 36.8 Å². The van der Waals surface area contributed by atoms with Crippen LogP contribution in [0.15, 0.2) is 97.1 Å². The summed E-state index contributed by atoms with van der Waals surface area (Å²) in [7, 11) is 1.24. The second-order valence-corrected chi connectivity index (χ2v) is 14.2. The number of Topliss-reactive ketones (excluding diaryl/α,β-unsaturated/α-hetero) is 1. The number of alkyl carbamates (subject to hydrolysis) is 1. The van der Waals surface area contributed by atoms with Crippen LogP contribution in [0, 0.1) is 0 Å². The van der Waals surface area contributed by atoms with Crippen molar-refractivity contribution in [3.8, 4) is 11.1 Å². The van der Waals surface area contributed by atoms with Gasteiger partial charge in [0.25, 0.3) is 5.91 Å². The molecule has 10 heteroatoms. The molecule has 2 saturated heterocycles. The number of hydrogen-bond donors (Lipinski definition) is 2. The Bertz CT molecular complexity index is 2030. The van der Waals surface area contributed by atoms with Gasteiger partial charge in [0.15, 0.2) is 5.78 Å². The fourth-order valence-corrected chi connectivity index (χ4v) is 8.07. The second-order valence-electron chi connectivity index (χ2n) is 14.2. The number of methoxy groups -OCH3 is 1. The maximum Gasteiger partial charge on any atom is 0.407 e. The summed E-state index contributed by atoms with van der Waals surface area (Å²) in [6, 6.07) is 28.5. The van der Waals surface area contributed by atoms with Gasteiger partial charge in [0.2, 0.25) is 11.8 Å². The smallest absolute Gasteiger partial charge is 0.407 e. The van der Waals surface area contributed by atoms with Gasteiger partial charge in [-0.2, -0.15) is 0 Å². The van der Waals surface area contributed by atoms with Crippen LogP contribution in [-0.4, -0.2) is 71.7 Å². The molecule has 7 rings (SSSR count). The van der Waals surface area contributed by atoms with E-state index in [-0.39, 0.29) is 35.8 Å². The van der Waals surface area contributed by atoms with Gasteiger partial charge in [0.05, 0.1) is 19.1 Å². The number of carbonyl (C=O) groups is 5. The van der Waals surface area contributed by atoms with E-state index < -0.39 is 24.2 Å². The molecule has 10 nitrogen and oxygen atoms in total. The Labute approximate surface area is 309 Å². The number of nitrogens with zero attached hydrogens (tertiary/aromatic N) is 2. The van der Waals surface area contributed by atoms with Crippen LogP contribution in [0.3, 0.4) is 0 Å². The third-order valence-corrected chi connectivity index (χ3v) is 10.8. The summed E-state index contributed by atoms with van der Waals surface area (Å²) in [5.41, 5.74) is 7.47. The molecule has 0 saturated carbocycles. The van der Waals surface area contributed by atoms with Crippen LogP contribution in [0.5, 0.6) is 0 Å². The van der Waals surface area contributed by atoms with E-state index in [0.717, 1.165) is 39.8 Å². The SMILES string of the molecule is COC(=O)N[C@@H](C(=O)N1CCC[C@H]1C(=O)Nc1ccc2c(c1)Cc1cc(CC(=O)[C@@H]3CCCN3C(=O)[C@H](C)c3ccccc3)ccc1-2)c1ccccc1. The number of hydrogen-bond acceptors (Lipinski definition) is 6. The van der Waals surface area contributed by atoms with Crippen molar-refractivity contribution in [3.05, 3.63) is 125 Å². The van der Waals surface area contributed by atoms with Crippen LogP contribution < -0.4 is 10.6 Å². The molecule has 2 aliphatic heterocycles. The van der Waals surface area contributed by atoms with Gasteiger partial charge >= 0.3 is 6.09 Å². The average molecular weight is 713 g/mol. The zero-order valence-corrected chi connectivity index (χ0v) is 30.0. The van der Waals surface area contributed by atoms with Crippen LogP contribution >= 0.6 is 0 Å². The van der Waals surface area contributed by atoms with Crippen molar-refractivity contribution in [2.75, 3.05) is 25.5 Å². The molecule has 4 amide bonds. The first-order chi connectivity index (χ1) is 25.7. The first kappa shape index (κ1) is 35.6. The molecule has 2 N–H and O–H groups in total. The molecule has 4 aromatic rings. The van der Waals surface area contributed by atoms with E-state index in [0.29, 0.717) is 50.0 Å². The van der Waals surface area contributed by atoms with Crippen molar-refractivity contribution in [2.45, 2.75) is 69.5 Å². The predicted octanol–water partition coefficient (Wildman–Crippen LogP) is 6.19. The summed E-state index contributed by atoms with van der Waals surface area (Å²) in [5.74, 6) is -0.896. The summed E-state index contributed by atoms with van der Waals surface area (Å²) in [6.07, 6.45) is 2.86. The number of nitrogens with one attached hydrogen (secondary N) is 2. The number of likely N-dealkylation sites (tertiary alicyclic amines) is 2. The van der Waals surface area contributed by atoms with Crippen molar-refractivity contribution in [3.63, 3.8) is 0 Å². The van der Waals surface area contributed by atoms with Gasteiger partial charge in [0.1, 0.15) is 12.1 Å². The van der Waals surface area contributed by atoms with Crippen molar-refractivity contribution < 1.29 is 28.7 Å². The molecule has 0 radical (unpaired) electrons. The van der Waals surface area contributed by atoms with E-state index >= 15 is 0 Å². The molecule has 0 unspecified atom stereocenters. The Morgan fingerprint density at radius 3 is 2.02 bits per heavy atom. The first-order valence-electron chi connectivity index (χ1n) is 18.4. The van der Waals surface area contributed by atoms with E-state index in [1.54, 1.807) is 34.1 Å². The monoisotopic (exact) mass is 712 g/mol. The number of ether oxygens (including phenoxy) is 1. The molecule has 1 aliphatic carbocycles. The Morgan fingerprint density at radius 1 is 0.736 bits per heavy atom. The average Bonchev–Trinajstić information content (AvgIpc) is 3.95. The van der Waals surface area contributed by atoms with Crippen molar-refractivity contribution in [2.24, 2.45) is 0 Å². The van der Waals surface area contributed by atoms with Gasteiger partial charge in [0, 0.05) is 25.2 Å². The minimum Gasteiger partial charge on any atom is -0.453 e. The minimum atomic E-state index is -0.987. The third kappa shape index (κ3) is 7.44. The molecule has 2 heterocycles. The third-order valence-electron chi connectivity index (χ3n) is 10.8. The largest absolute Gasteiger partial charge is 0.453 e. The van der Waals surface area contributed by atoms with Crippen molar-refractivity contribution in [1.82, 2.24) is 15.1 Å². The van der Waals surface area contributed by atoms with Gasteiger partial charge < -0.3 is 25.2 Å². The molecule has 3 aliphatic rings. The fourth-order valence-electron chi connectivity index (χ4n) is 8.07. The lowest BCUT2D eigenvalue weighted by Crippen LogP contribution is -2.48. The summed E-state index contributed by atoms with van der Waals surface area (Å²) < 4.78 is 4.78. The number of rotatable bonds is 10. The highest BCUT2D eigenvalue weighted by atomic mass is 16.5. The van der Waals surface area contributed by atoms with Gasteiger partial charge in [-0.15, -0.1) is 0 Å². The molecule has 0 aromatic heterocycles. The second kappa shape index (κ2) is 15.5. The minimum absolute atomic E-state index is 0.00135. The highest BCUT2D eigenvalue weighted by molar-refractivity contribution is 5.99. The van der Waals surface area contributed by atoms with Crippen LogP contribution in [0.2, 0.25) is 0 Å². The Kier molecular flexibility index (Phi) is 10.4. The maximum absolute atomic E-state index is 13.8. The maximum atomic E-state index is 13.8. The highest BCUT2D eigenvalue weighted by Crippen LogP contribution is 2.39. The summed E-state index contributed by atoms with van der Waals surface area (Å²) >= 11 is 0. The first-order valence-corrected chi connectivity index (χ1v) is 18.4. The standard InChI is InChI=1S/C43H44N4O6/c1-27(29-11-5-3-6-12-29)41(50)46-21-9-15-36(46)38(48)24-28-17-19-34-31(23-28)25-32-26-33(18-20-35(32)34)44-40(49)37-16-10-22-47(37)42(51)39(45-43(52)53-2)30-13-7-4-8-14-30/h3-8,11-14,17-20,23,26-27,36-37,39H,9-10,15-16,21-22,24-25H2,1-2H3,(H,44,49)(H,45,52)/t27-,36+,37+,39-/m1/s1. The summed E-state index contributed by atoms with van der Waals surface area (Å²) in [6.45, 7) is 2.90. The fraction of sp³-hybridized carbons (Fsp3) is 0.326. The lowest BCUT2D eigenvalue weighted by molar-refractivity contribution is -0.138. The van der Waals surface area contributed by atoms with Gasteiger partial charge in [-0.3, -0.25) is 19.2 Å². The summed E-state index contributed by atoms with van der Waals surface area (Å²) in [4.78, 5) is 70.0. The van der Waals surface area contributed by atoms with Crippen LogP contribution in [0.25, 0.3) is 11.1 Å². The van der Waals surface area contributed by atoms with E-state index in [2.05, 4.69) is 22.8 Å². The van der Waals surface area contributed by atoms with Gasteiger partial charge in [-0.25, -0.2) is 4.79 Å². The topological polar surface area (TPSA) is 125 Å². The molecule has 4 atom stereocenters. The molecular weight excluding hydrogens is 668 g/mol. The zero-order chi connectivity index (χ0) is 37.1. The normalized spacial score (nSPS) is 18.5. The van der Waals surface area contributed by atoms with E-state index in [4.69, 9.17) is 4.74 Å². The van der Waals surface area contributed by atoms with Gasteiger partial charge in [-0.05, 0) is 90.1 Å². The number of ketones is 1. The molecule has 272 valence electrons. The van der Waals surface area contributed by atoms with Gasteiger partial charge in [-0.1, -0.05) is 84.9 Å². The van der Waals surface area contributed by atoms with E-state index in [1.165, 1.54) is 7.11 Å². The molecule has 2 fully saturated rings.